The third-order valence-corrected chi connectivity index (χ3v) is 9.78. The molecular formula is C56H52IrN2O-2. The molecule has 4 heteroatoms. The molecule has 1 radical (unpaired) electrons. The van der Waals surface area contributed by atoms with Crippen molar-refractivity contribution in [1.82, 2.24) is 9.97 Å². The Bertz CT molecular complexity index is 3310. The van der Waals surface area contributed by atoms with E-state index in [9.17, 15) is 0 Å². The Labute approximate surface area is 383 Å². The molecule has 9 aromatic rings. The van der Waals surface area contributed by atoms with E-state index in [2.05, 4.69) is 58.5 Å². The summed E-state index contributed by atoms with van der Waals surface area (Å²) < 4.78 is 86.7. The maximum Gasteiger partial charge on any atom is 0.121 e. The van der Waals surface area contributed by atoms with Gasteiger partial charge in [-0.2, -0.15) is 0 Å². The van der Waals surface area contributed by atoms with E-state index in [1.165, 1.54) is 29.1 Å². The third-order valence-electron chi connectivity index (χ3n) is 9.78. The van der Waals surface area contributed by atoms with Gasteiger partial charge in [0.1, 0.15) is 5.58 Å². The molecule has 3 nitrogen and oxygen atoms in total. The van der Waals surface area contributed by atoms with E-state index in [4.69, 9.17) is 18.1 Å². The maximum absolute atomic E-state index is 8.56. The Morgan fingerprint density at radius 1 is 0.650 bits per heavy atom. The minimum Gasteiger partial charge on any atom is -0.501 e. The van der Waals surface area contributed by atoms with Gasteiger partial charge in [-0.15, -0.1) is 47.5 Å². The zero-order valence-electron chi connectivity index (χ0n) is 44.5. The van der Waals surface area contributed by atoms with E-state index < -0.39 is 37.3 Å². The van der Waals surface area contributed by atoms with Crippen molar-refractivity contribution >= 4 is 32.7 Å². The molecule has 9 rings (SSSR count). The molecule has 0 amide bonds. The van der Waals surface area contributed by atoms with Crippen molar-refractivity contribution in [2.75, 3.05) is 0 Å². The minimum atomic E-state index is -2.37. The Morgan fingerprint density at radius 3 is 2.03 bits per heavy atom. The summed E-state index contributed by atoms with van der Waals surface area (Å²) in [5.74, 6) is 0. The molecule has 3 heterocycles. The maximum atomic E-state index is 8.56. The van der Waals surface area contributed by atoms with Crippen LogP contribution in [0.25, 0.3) is 77.5 Å². The van der Waals surface area contributed by atoms with Crippen LogP contribution in [0.15, 0.2) is 150 Å². The first-order valence-electron chi connectivity index (χ1n) is 24.7. The topological polar surface area (TPSA) is 38.9 Å². The van der Waals surface area contributed by atoms with Crippen LogP contribution >= 0.6 is 0 Å². The van der Waals surface area contributed by atoms with E-state index in [1.54, 1.807) is 42.6 Å². The molecule has 0 aliphatic rings. The molecule has 0 bridgehead atoms. The zero-order chi connectivity index (χ0) is 49.9. The quantitative estimate of drug-likeness (QED) is 0.156. The van der Waals surface area contributed by atoms with E-state index in [1.807, 2.05) is 90.1 Å². The van der Waals surface area contributed by atoms with Gasteiger partial charge in [0.15, 0.2) is 0 Å². The molecular weight excluding hydrogens is 909 g/mol. The summed E-state index contributed by atoms with van der Waals surface area (Å²) in [6.45, 7) is 6.63. The fourth-order valence-corrected chi connectivity index (χ4v) is 7.23. The van der Waals surface area contributed by atoms with Crippen molar-refractivity contribution in [3.8, 4) is 44.8 Å². The van der Waals surface area contributed by atoms with Crippen LogP contribution < -0.4 is 0 Å². The molecule has 0 aliphatic carbocycles. The van der Waals surface area contributed by atoms with Crippen LogP contribution in [0.1, 0.15) is 77.5 Å². The van der Waals surface area contributed by atoms with Gasteiger partial charge in [-0.05, 0) is 98.1 Å². The van der Waals surface area contributed by atoms with Gasteiger partial charge >= 0.3 is 0 Å². The third kappa shape index (κ3) is 9.68. The molecule has 0 unspecified atom stereocenters. The monoisotopic (exact) mass is 971 g/mol. The predicted octanol–water partition coefficient (Wildman–Crippen LogP) is 15.3. The van der Waals surface area contributed by atoms with Crippen LogP contribution in [0, 0.1) is 36.7 Å². The van der Waals surface area contributed by atoms with Crippen LogP contribution in [0.3, 0.4) is 0 Å². The van der Waals surface area contributed by atoms with Gasteiger partial charge in [-0.25, -0.2) is 0 Å². The molecule has 0 aliphatic heterocycles. The average Bonchev–Trinajstić information content (AvgIpc) is 3.70. The number of pyridine rings is 2. The smallest absolute Gasteiger partial charge is 0.121 e. The molecule has 0 fully saturated rings. The summed E-state index contributed by atoms with van der Waals surface area (Å²) >= 11 is 0. The second-order valence-electron chi connectivity index (χ2n) is 16.8. The van der Waals surface area contributed by atoms with Crippen molar-refractivity contribution < 1.29 is 38.2 Å². The largest absolute Gasteiger partial charge is 0.501 e. The van der Waals surface area contributed by atoms with Crippen LogP contribution in [-0.2, 0) is 32.9 Å². The van der Waals surface area contributed by atoms with Crippen molar-refractivity contribution in [2.24, 2.45) is 10.8 Å². The minimum absolute atomic E-state index is 0. The number of fused-ring (bicyclic) bond motifs is 5. The van der Waals surface area contributed by atoms with E-state index in [0.717, 1.165) is 44.3 Å². The Hall–Kier alpha value is -5.67. The fraction of sp³-hybridized carbons (Fsp3) is 0.214. The van der Waals surface area contributed by atoms with Crippen molar-refractivity contribution in [3.63, 3.8) is 0 Å². The van der Waals surface area contributed by atoms with Gasteiger partial charge in [0.2, 0.25) is 0 Å². The van der Waals surface area contributed by atoms with Crippen LogP contribution in [-0.4, -0.2) is 9.97 Å². The standard InChI is InChI=1S/C32H26NO.C24H26N.Ir/c1-32(2,3)20-21-11-13-22(14-12-21)24-17-18-33-28(19-24)26-9-6-10-27-30-25-8-5-4-7-23(25)15-16-29(30)34-31(26)27;1-17-6-13-23(25-16-17)21-10-7-18(2)22(14-21)20-11-8-19(9-12-20)15-24(3,4)5;/h4-8,10-19H,20H2,1-3H3;6-9,11-14,16H,15H2,1-5H3;/q2*-1;/i20D2;1D3,2D3,15D2;. The first-order valence-corrected chi connectivity index (χ1v) is 19.7. The summed E-state index contributed by atoms with van der Waals surface area (Å²) in [6.07, 6.45) is 0.0993. The van der Waals surface area contributed by atoms with Crippen molar-refractivity contribution in [3.05, 3.63) is 180 Å². The molecule has 0 saturated heterocycles. The van der Waals surface area contributed by atoms with E-state index >= 15 is 0 Å². The molecule has 60 heavy (non-hydrogen) atoms. The zero-order valence-corrected chi connectivity index (χ0v) is 36.9. The SMILES string of the molecule is [2H]C([2H])([2H])c1ccc(-c2[c-]cc(C([2H])([2H])[2H])c(-c3ccc(C([2H])([2H])C(C)(C)C)cc3)c2)nc1.[2H]C([2H])(c1ccc(-c2ccnc(-c3[c-]ccc4c3oc3ccc5ccccc5c34)c2)cc1)C(C)(C)C.[Ir]. The molecule has 0 saturated carbocycles. The number of hydrogen-bond acceptors (Lipinski definition) is 3. The van der Waals surface area contributed by atoms with Gasteiger partial charge in [-0.1, -0.05) is 162 Å². The molecule has 303 valence electrons. The van der Waals surface area contributed by atoms with Gasteiger partial charge in [0, 0.05) is 51.6 Å². The second-order valence-corrected chi connectivity index (χ2v) is 16.8. The van der Waals surface area contributed by atoms with Crippen molar-refractivity contribution in [1.29, 1.82) is 0 Å². The Morgan fingerprint density at radius 2 is 1.37 bits per heavy atom. The van der Waals surface area contributed by atoms with Crippen LogP contribution in [0.5, 0.6) is 0 Å². The number of aromatic nitrogens is 2. The van der Waals surface area contributed by atoms with Crippen molar-refractivity contribution in [2.45, 2.75) is 68.0 Å². The summed E-state index contributed by atoms with van der Waals surface area (Å²) in [4.78, 5) is 8.89. The molecule has 3 aromatic heterocycles. The Kier molecular flexibility index (Phi) is 9.12. The number of nitrogens with zero attached hydrogens (tertiary/aromatic N) is 2. The number of hydrogen-bond donors (Lipinski definition) is 0. The molecule has 0 N–H and O–H groups in total. The number of benzene rings is 6. The average molecular weight is 971 g/mol. The molecule has 6 aromatic carbocycles. The normalized spacial score (nSPS) is 15.0. The number of aryl methyl sites for hydroxylation is 2. The van der Waals surface area contributed by atoms with Gasteiger partial charge in [-0.3, -0.25) is 0 Å². The first-order chi connectivity index (χ1) is 32.3. The van der Waals surface area contributed by atoms with E-state index in [-0.39, 0.29) is 31.2 Å². The molecule has 0 spiro atoms. The van der Waals surface area contributed by atoms with Gasteiger partial charge < -0.3 is 14.4 Å². The van der Waals surface area contributed by atoms with Crippen LogP contribution in [0.4, 0.5) is 0 Å². The summed E-state index contributed by atoms with van der Waals surface area (Å²) in [6, 6.07) is 47.5. The number of furan rings is 1. The predicted molar refractivity (Wildman–Crippen MR) is 248 cm³/mol. The Balaban J connectivity index is 0.000000204. The summed E-state index contributed by atoms with van der Waals surface area (Å²) in [5, 5.41) is 4.51. The molecule has 0 atom stereocenters. The second kappa shape index (κ2) is 17.5. The first kappa shape index (κ1) is 31.2. The summed E-state index contributed by atoms with van der Waals surface area (Å²) in [7, 11) is 0. The van der Waals surface area contributed by atoms with Gasteiger partial charge in [0.25, 0.3) is 0 Å². The van der Waals surface area contributed by atoms with Crippen LogP contribution in [0.2, 0.25) is 0 Å². The summed E-state index contributed by atoms with van der Waals surface area (Å²) in [5.41, 5.74) is 7.70. The number of rotatable bonds is 6. The fourth-order valence-electron chi connectivity index (χ4n) is 7.23. The van der Waals surface area contributed by atoms with Gasteiger partial charge in [0.05, 0.1) is 5.58 Å². The van der Waals surface area contributed by atoms with E-state index in [0.29, 0.717) is 33.5 Å².